The molecule has 106 valence electrons. The van der Waals surface area contributed by atoms with E-state index in [1.54, 1.807) is 10.9 Å². The number of anilines is 1. The summed E-state index contributed by atoms with van der Waals surface area (Å²) >= 11 is 0. The van der Waals surface area contributed by atoms with Crippen LogP contribution in [0.25, 0.3) is 0 Å². The molecule has 2 aromatic rings. The van der Waals surface area contributed by atoms with Crippen LogP contribution in [-0.4, -0.2) is 25.7 Å². The van der Waals surface area contributed by atoms with Gasteiger partial charge in [0, 0.05) is 31.3 Å². The highest BCUT2D eigenvalue weighted by atomic mass is 16.1. The fourth-order valence-corrected chi connectivity index (χ4v) is 1.69. The molecule has 0 unspecified atom stereocenters. The first-order valence-electron chi connectivity index (χ1n) is 6.35. The van der Waals surface area contributed by atoms with E-state index in [1.165, 1.54) is 6.20 Å². The summed E-state index contributed by atoms with van der Waals surface area (Å²) in [5.41, 5.74) is 7.17. The lowest BCUT2D eigenvalue weighted by atomic mass is 10.2. The molecule has 0 aliphatic heterocycles. The second-order valence-electron chi connectivity index (χ2n) is 4.89. The Labute approximate surface area is 117 Å². The summed E-state index contributed by atoms with van der Waals surface area (Å²) < 4.78 is 1.68. The monoisotopic (exact) mass is 274 g/mol. The Hall–Kier alpha value is -2.44. The number of carbonyl (C=O) groups excluding carboxylic acids is 1. The van der Waals surface area contributed by atoms with E-state index in [0.717, 1.165) is 5.56 Å². The lowest BCUT2D eigenvalue weighted by Crippen LogP contribution is -2.25. The maximum absolute atomic E-state index is 12.1. The van der Waals surface area contributed by atoms with E-state index in [0.29, 0.717) is 12.4 Å². The second kappa shape index (κ2) is 5.68. The number of hydrogen-bond donors (Lipinski definition) is 2. The SMILES string of the molecule is CC(C)c1ncc(N)c(C(=O)NCc2cnn(C)c2)n1. The van der Waals surface area contributed by atoms with Gasteiger partial charge in [-0.25, -0.2) is 9.97 Å². The molecule has 7 nitrogen and oxygen atoms in total. The van der Waals surface area contributed by atoms with Crippen molar-refractivity contribution in [2.24, 2.45) is 7.05 Å². The number of amides is 1. The lowest BCUT2D eigenvalue weighted by Gasteiger charge is -2.09. The zero-order valence-corrected chi connectivity index (χ0v) is 11.8. The normalized spacial score (nSPS) is 10.8. The Morgan fingerprint density at radius 1 is 1.45 bits per heavy atom. The van der Waals surface area contributed by atoms with E-state index in [4.69, 9.17) is 5.73 Å². The largest absolute Gasteiger partial charge is 0.396 e. The molecule has 2 rings (SSSR count). The van der Waals surface area contributed by atoms with Crippen LogP contribution in [0.2, 0.25) is 0 Å². The van der Waals surface area contributed by atoms with Crippen LogP contribution in [0.3, 0.4) is 0 Å². The molecule has 20 heavy (non-hydrogen) atoms. The van der Waals surface area contributed by atoms with Crippen LogP contribution in [-0.2, 0) is 13.6 Å². The van der Waals surface area contributed by atoms with Crippen molar-refractivity contribution in [3.63, 3.8) is 0 Å². The van der Waals surface area contributed by atoms with Crippen molar-refractivity contribution >= 4 is 11.6 Å². The van der Waals surface area contributed by atoms with Gasteiger partial charge in [0.05, 0.1) is 18.1 Å². The number of nitrogen functional groups attached to an aromatic ring is 1. The van der Waals surface area contributed by atoms with E-state index in [-0.39, 0.29) is 23.2 Å². The van der Waals surface area contributed by atoms with E-state index in [9.17, 15) is 4.79 Å². The Kier molecular flexibility index (Phi) is 3.97. The molecule has 0 saturated carbocycles. The van der Waals surface area contributed by atoms with Gasteiger partial charge >= 0.3 is 0 Å². The van der Waals surface area contributed by atoms with Gasteiger partial charge in [0.1, 0.15) is 5.82 Å². The number of aromatic nitrogens is 4. The number of rotatable bonds is 4. The Morgan fingerprint density at radius 3 is 2.80 bits per heavy atom. The van der Waals surface area contributed by atoms with E-state index >= 15 is 0 Å². The van der Waals surface area contributed by atoms with Crippen LogP contribution in [0.4, 0.5) is 5.69 Å². The topological polar surface area (TPSA) is 98.7 Å². The van der Waals surface area contributed by atoms with Crippen molar-refractivity contribution in [2.45, 2.75) is 26.3 Å². The average molecular weight is 274 g/mol. The molecule has 1 amide bonds. The molecular weight excluding hydrogens is 256 g/mol. The maximum atomic E-state index is 12.1. The molecule has 0 spiro atoms. The van der Waals surface area contributed by atoms with Crippen LogP contribution < -0.4 is 11.1 Å². The molecule has 7 heteroatoms. The Bertz CT molecular complexity index is 619. The molecule has 0 atom stereocenters. The third-order valence-corrected chi connectivity index (χ3v) is 2.78. The standard InChI is InChI=1S/C13H18N6O/c1-8(2)12-15-6-10(14)11(18-12)13(20)16-4-9-5-17-19(3)7-9/h5-8H,4,14H2,1-3H3,(H,16,20). The van der Waals surface area contributed by atoms with Crippen molar-refractivity contribution in [3.8, 4) is 0 Å². The molecule has 0 aromatic carbocycles. The molecule has 3 N–H and O–H groups in total. The van der Waals surface area contributed by atoms with Crippen LogP contribution in [0.15, 0.2) is 18.6 Å². The number of carbonyl (C=O) groups is 1. The molecule has 0 aliphatic carbocycles. The van der Waals surface area contributed by atoms with Gasteiger partial charge in [-0.1, -0.05) is 13.8 Å². The van der Waals surface area contributed by atoms with Gasteiger partial charge in [-0.2, -0.15) is 5.10 Å². The summed E-state index contributed by atoms with van der Waals surface area (Å²) in [6, 6.07) is 0. The molecule has 2 aromatic heterocycles. The summed E-state index contributed by atoms with van der Waals surface area (Å²) in [6.07, 6.45) is 5.01. The second-order valence-corrected chi connectivity index (χ2v) is 4.89. The quantitative estimate of drug-likeness (QED) is 0.861. The third kappa shape index (κ3) is 3.11. The Balaban J connectivity index is 2.10. The molecule has 0 radical (unpaired) electrons. The minimum atomic E-state index is -0.310. The van der Waals surface area contributed by atoms with Crippen LogP contribution in [0, 0.1) is 0 Å². The van der Waals surface area contributed by atoms with Crippen LogP contribution in [0.1, 0.15) is 41.6 Å². The van der Waals surface area contributed by atoms with Gasteiger partial charge < -0.3 is 11.1 Å². The number of nitrogens with one attached hydrogen (secondary N) is 1. The third-order valence-electron chi connectivity index (χ3n) is 2.78. The first kappa shape index (κ1) is 14.0. The minimum Gasteiger partial charge on any atom is -0.396 e. The summed E-state index contributed by atoms with van der Waals surface area (Å²) in [6.45, 7) is 4.30. The molecule has 0 fully saturated rings. The van der Waals surface area contributed by atoms with Crippen LogP contribution >= 0.6 is 0 Å². The summed E-state index contributed by atoms with van der Waals surface area (Å²) in [7, 11) is 1.82. The smallest absolute Gasteiger partial charge is 0.272 e. The zero-order valence-electron chi connectivity index (χ0n) is 11.8. The lowest BCUT2D eigenvalue weighted by molar-refractivity contribution is 0.0946. The number of aryl methyl sites for hydroxylation is 1. The summed E-state index contributed by atoms with van der Waals surface area (Å²) in [5.74, 6) is 0.432. The molecular formula is C13H18N6O. The molecule has 0 bridgehead atoms. The van der Waals surface area contributed by atoms with Gasteiger partial charge in [-0.15, -0.1) is 0 Å². The van der Waals surface area contributed by atoms with Gasteiger partial charge in [0.2, 0.25) is 0 Å². The highest BCUT2D eigenvalue weighted by molar-refractivity contribution is 5.96. The number of nitrogens with zero attached hydrogens (tertiary/aromatic N) is 4. The van der Waals surface area contributed by atoms with Gasteiger partial charge in [-0.05, 0) is 0 Å². The van der Waals surface area contributed by atoms with Crippen molar-refractivity contribution in [1.29, 1.82) is 0 Å². The number of nitrogens with two attached hydrogens (primary N) is 1. The van der Waals surface area contributed by atoms with E-state index in [1.807, 2.05) is 27.1 Å². The Morgan fingerprint density at radius 2 is 2.20 bits per heavy atom. The first-order chi connectivity index (χ1) is 9.47. The van der Waals surface area contributed by atoms with E-state index < -0.39 is 0 Å². The highest BCUT2D eigenvalue weighted by Gasteiger charge is 2.14. The van der Waals surface area contributed by atoms with Crippen molar-refractivity contribution in [3.05, 3.63) is 35.7 Å². The van der Waals surface area contributed by atoms with Crippen LogP contribution in [0.5, 0.6) is 0 Å². The molecule has 0 saturated heterocycles. The first-order valence-corrected chi connectivity index (χ1v) is 6.35. The molecule has 2 heterocycles. The average Bonchev–Trinajstić information content (AvgIpc) is 2.82. The maximum Gasteiger partial charge on any atom is 0.272 e. The number of hydrogen-bond acceptors (Lipinski definition) is 5. The minimum absolute atomic E-state index is 0.139. The van der Waals surface area contributed by atoms with Gasteiger partial charge in [-0.3, -0.25) is 9.48 Å². The summed E-state index contributed by atoms with van der Waals surface area (Å²) in [4.78, 5) is 20.4. The van der Waals surface area contributed by atoms with Gasteiger partial charge in [0.25, 0.3) is 5.91 Å². The predicted octanol–water partition coefficient (Wildman–Crippen LogP) is 0.846. The highest BCUT2D eigenvalue weighted by Crippen LogP contribution is 2.13. The van der Waals surface area contributed by atoms with E-state index in [2.05, 4.69) is 20.4 Å². The fraction of sp³-hybridized carbons (Fsp3) is 0.385. The van der Waals surface area contributed by atoms with Crippen molar-refractivity contribution < 1.29 is 4.79 Å². The van der Waals surface area contributed by atoms with Crippen molar-refractivity contribution in [2.75, 3.05) is 5.73 Å². The predicted molar refractivity (Wildman–Crippen MR) is 74.9 cm³/mol. The summed E-state index contributed by atoms with van der Waals surface area (Å²) in [5, 5.41) is 6.81. The molecule has 0 aliphatic rings. The zero-order chi connectivity index (χ0) is 14.7. The fourth-order valence-electron chi connectivity index (χ4n) is 1.69. The van der Waals surface area contributed by atoms with Crippen molar-refractivity contribution in [1.82, 2.24) is 25.1 Å². The van der Waals surface area contributed by atoms with Gasteiger partial charge in [0.15, 0.2) is 5.69 Å².